The lowest BCUT2D eigenvalue weighted by molar-refractivity contribution is -0.141. The average molecular weight is 291 g/mol. The molecule has 2 heterocycles. The van der Waals surface area contributed by atoms with Crippen LogP contribution in [0.4, 0.5) is 0 Å². The van der Waals surface area contributed by atoms with Crippen LogP contribution in [0, 0.1) is 11.8 Å². The molecule has 1 N–H and O–H groups in total. The number of likely N-dealkylation sites (tertiary alicyclic amines) is 1. The largest absolute Gasteiger partial charge is 0.381 e. The molecule has 0 aromatic heterocycles. The molecule has 0 bridgehead atoms. The highest BCUT2D eigenvalue weighted by molar-refractivity contribution is 5.85. The summed E-state index contributed by atoms with van der Waals surface area (Å²) >= 11 is 0. The Hall–Kier alpha value is -0.320. The van der Waals surface area contributed by atoms with Gasteiger partial charge in [-0.15, -0.1) is 12.4 Å². The highest BCUT2D eigenvalue weighted by Crippen LogP contribution is 2.21. The fourth-order valence-electron chi connectivity index (χ4n) is 2.90. The normalized spacial score (nSPS) is 24.9. The molecule has 2 rings (SSSR count). The number of carbonyl (C=O) groups excluding carboxylic acids is 1. The first-order chi connectivity index (χ1) is 8.81. The Morgan fingerprint density at radius 2 is 2.05 bits per heavy atom. The number of rotatable bonds is 4. The summed E-state index contributed by atoms with van der Waals surface area (Å²) in [5.41, 5.74) is 0. The molecule has 4 nitrogen and oxygen atoms in total. The van der Waals surface area contributed by atoms with Gasteiger partial charge in [0.2, 0.25) is 5.91 Å². The van der Waals surface area contributed by atoms with Gasteiger partial charge in [0.15, 0.2) is 0 Å². The van der Waals surface area contributed by atoms with E-state index in [-0.39, 0.29) is 18.3 Å². The van der Waals surface area contributed by atoms with Gasteiger partial charge in [-0.3, -0.25) is 4.79 Å². The Morgan fingerprint density at radius 3 is 2.63 bits per heavy atom. The van der Waals surface area contributed by atoms with Crippen molar-refractivity contribution in [3.8, 4) is 0 Å². The van der Waals surface area contributed by atoms with Crippen LogP contribution >= 0.6 is 12.4 Å². The molecule has 2 aliphatic heterocycles. The molecule has 2 saturated heterocycles. The minimum absolute atomic E-state index is 0. The number of hydrogen-bond acceptors (Lipinski definition) is 3. The summed E-state index contributed by atoms with van der Waals surface area (Å²) in [4.78, 5) is 14.4. The van der Waals surface area contributed by atoms with Gasteiger partial charge in [-0.25, -0.2) is 0 Å². The number of piperidine rings is 1. The molecular formula is C14H27ClN2O2. The summed E-state index contributed by atoms with van der Waals surface area (Å²) in [6.45, 7) is 7.62. The highest BCUT2D eigenvalue weighted by atomic mass is 35.5. The lowest BCUT2D eigenvalue weighted by Gasteiger charge is -2.35. The van der Waals surface area contributed by atoms with Crippen molar-refractivity contribution in [1.29, 1.82) is 0 Å². The van der Waals surface area contributed by atoms with Crippen LogP contribution in [0.1, 0.15) is 32.6 Å². The molecule has 0 aromatic carbocycles. The van der Waals surface area contributed by atoms with Gasteiger partial charge in [-0.1, -0.05) is 6.92 Å². The predicted octanol–water partition coefficient (Wildman–Crippen LogP) is 1.68. The highest BCUT2D eigenvalue weighted by Gasteiger charge is 2.29. The van der Waals surface area contributed by atoms with Crippen LogP contribution in [0.3, 0.4) is 0 Å². The number of halogens is 1. The van der Waals surface area contributed by atoms with E-state index in [1.165, 1.54) is 0 Å². The summed E-state index contributed by atoms with van der Waals surface area (Å²) in [6, 6.07) is 0. The Morgan fingerprint density at radius 1 is 1.32 bits per heavy atom. The predicted molar refractivity (Wildman–Crippen MR) is 78.6 cm³/mol. The molecule has 1 unspecified atom stereocenters. The molecule has 2 fully saturated rings. The number of hydrogen-bond donors (Lipinski definition) is 1. The van der Waals surface area contributed by atoms with E-state index in [1.54, 1.807) is 0 Å². The van der Waals surface area contributed by atoms with Crippen LogP contribution in [-0.2, 0) is 9.53 Å². The third kappa shape index (κ3) is 4.93. The van der Waals surface area contributed by atoms with Crippen molar-refractivity contribution in [2.24, 2.45) is 11.8 Å². The first-order valence-corrected chi connectivity index (χ1v) is 7.38. The first kappa shape index (κ1) is 16.7. The third-order valence-electron chi connectivity index (χ3n) is 4.12. The lowest BCUT2D eigenvalue weighted by atomic mass is 9.94. The van der Waals surface area contributed by atoms with Crippen LogP contribution in [0.15, 0.2) is 0 Å². The van der Waals surface area contributed by atoms with Gasteiger partial charge in [0, 0.05) is 19.7 Å². The summed E-state index contributed by atoms with van der Waals surface area (Å²) in [6.07, 6.45) is 4.34. The summed E-state index contributed by atoms with van der Waals surface area (Å²) in [5, 5.41) is 3.40. The molecule has 0 radical (unpaired) electrons. The average Bonchev–Trinajstić information content (AvgIpc) is 2.46. The second kappa shape index (κ2) is 8.77. The third-order valence-corrected chi connectivity index (χ3v) is 4.12. The van der Waals surface area contributed by atoms with E-state index in [9.17, 15) is 4.79 Å². The molecule has 112 valence electrons. The van der Waals surface area contributed by atoms with Crippen molar-refractivity contribution in [2.45, 2.75) is 32.6 Å². The minimum atomic E-state index is 0. The van der Waals surface area contributed by atoms with Gasteiger partial charge in [0.25, 0.3) is 0 Å². The molecule has 19 heavy (non-hydrogen) atoms. The van der Waals surface area contributed by atoms with E-state index in [4.69, 9.17) is 4.74 Å². The molecule has 2 aliphatic rings. The fourth-order valence-corrected chi connectivity index (χ4v) is 2.90. The maximum Gasteiger partial charge on any atom is 0.228 e. The maximum atomic E-state index is 12.3. The Labute approximate surface area is 122 Å². The van der Waals surface area contributed by atoms with E-state index in [0.717, 1.165) is 64.4 Å². The summed E-state index contributed by atoms with van der Waals surface area (Å²) in [7, 11) is 0. The number of nitrogens with one attached hydrogen (secondary N) is 1. The van der Waals surface area contributed by atoms with Crippen molar-refractivity contribution in [1.82, 2.24) is 10.2 Å². The number of ether oxygens (including phenoxy) is 1. The van der Waals surface area contributed by atoms with E-state index in [1.807, 2.05) is 0 Å². The standard InChI is InChI=1S/C14H26N2O2.ClH/c1-2-15-10-12-5-7-16(8-6-12)14(17)13-4-3-9-18-11-13;/h12-13,15H,2-11H2,1H3;1H. The number of amides is 1. The summed E-state index contributed by atoms with van der Waals surface area (Å²) < 4.78 is 5.41. The lowest BCUT2D eigenvalue weighted by Crippen LogP contribution is -2.45. The van der Waals surface area contributed by atoms with Gasteiger partial charge in [0.1, 0.15) is 0 Å². The molecule has 0 aliphatic carbocycles. The van der Waals surface area contributed by atoms with Crippen LogP contribution < -0.4 is 5.32 Å². The van der Waals surface area contributed by atoms with Gasteiger partial charge in [-0.05, 0) is 44.7 Å². The number of nitrogens with zero attached hydrogens (tertiary/aromatic N) is 1. The molecule has 0 saturated carbocycles. The van der Waals surface area contributed by atoms with Gasteiger partial charge >= 0.3 is 0 Å². The van der Waals surface area contributed by atoms with Gasteiger partial charge in [0.05, 0.1) is 12.5 Å². The van der Waals surface area contributed by atoms with Gasteiger partial charge in [-0.2, -0.15) is 0 Å². The Bertz CT molecular complexity index is 262. The zero-order valence-electron chi connectivity index (χ0n) is 11.9. The SMILES string of the molecule is CCNCC1CCN(C(=O)C2CCCOC2)CC1.Cl. The first-order valence-electron chi connectivity index (χ1n) is 7.38. The maximum absolute atomic E-state index is 12.3. The van der Waals surface area contributed by atoms with Crippen molar-refractivity contribution in [3.05, 3.63) is 0 Å². The molecule has 1 atom stereocenters. The molecule has 1 amide bonds. The molecule has 5 heteroatoms. The topological polar surface area (TPSA) is 41.6 Å². The van der Waals surface area contributed by atoms with E-state index < -0.39 is 0 Å². The monoisotopic (exact) mass is 290 g/mol. The molecule has 0 aromatic rings. The Kier molecular flexibility index (Phi) is 7.73. The zero-order chi connectivity index (χ0) is 12.8. The number of carbonyl (C=O) groups is 1. The van der Waals surface area contributed by atoms with Crippen molar-refractivity contribution < 1.29 is 9.53 Å². The molecular weight excluding hydrogens is 264 g/mol. The van der Waals surface area contributed by atoms with Crippen molar-refractivity contribution >= 4 is 18.3 Å². The van der Waals surface area contributed by atoms with Crippen LogP contribution in [0.2, 0.25) is 0 Å². The van der Waals surface area contributed by atoms with Crippen LogP contribution in [-0.4, -0.2) is 50.2 Å². The van der Waals surface area contributed by atoms with Crippen molar-refractivity contribution in [2.75, 3.05) is 39.4 Å². The second-order valence-corrected chi connectivity index (χ2v) is 5.49. The van der Waals surface area contributed by atoms with Gasteiger partial charge < -0.3 is 15.0 Å². The van der Waals surface area contributed by atoms with Crippen LogP contribution in [0.25, 0.3) is 0 Å². The smallest absolute Gasteiger partial charge is 0.228 e. The zero-order valence-corrected chi connectivity index (χ0v) is 12.7. The summed E-state index contributed by atoms with van der Waals surface area (Å²) in [5.74, 6) is 1.21. The fraction of sp³-hybridized carbons (Fsp3) is 0.929. The van der Waals surface area contributed by atoms with Crippen molar-refractivity contribution in [3.63, 3.8) is 0 Å². The van der Waals surface area contributed by atoms with E-state index in [0.29, 0.717) is 12.5 Å². The van der Waals surface area contributed by atoms with E-state index in [2.05, 4.69) is 17.1 Å². The van der Waals surface area contributed by atoms with E-state index >= 15 is 0 Å². The minimum Gasteiger partial charge on any atom is -0.381 e. The quantitative estimate of drug-likeness (QED) is 0.857. The second-order valence-electron chi connectivity index (χ2n) is 5.49. The van der Waals surface area contributed by atoms with Crippen LogP contribution in [0.5, 0.6) is 0 Å². The Balaban J connectivity index is 0.00000180. The molecule has 0 spiro atoms.